The Hall–Kier alpha value is 0.0500. The molecule has 0 bridgehead atoms. The van der Waals surface area contributed by atoms with Crippen LogP contribution in [-0.4, -0.2) is 23.4 Å². The zero-order valence-electron chi connectivity index (χ0n) is 5.58. The van der Waals surface area contributed by atoms with Crippen LogP contribution in [0, 0.1) is 0 Å². The summed E-state index contributed by atoms with van der Waals surface area (Å²) in [6.07, 6.45) is 4.47. The molecule has 1 rings (SSSR count). The Labute approximate surface area is 62.1 Å². The molecule has 52 valence electrons. The smallest absolute Gasteiger partial charge is 0.0531 e. The van der Waals surface area contributed by atoms with Crippen molar-refractivity contribution in [3.63, 3.8) is 0 Å². The number of hydrogen-bond acceptors (Lipinski definition) is 2. The van der Waals surface area contributed by atoms with Crippen molar-refractivity contribution in [2.75, 3.05) is 13.1 Å². The molecule has 1 fully saturated rings. The van der Waals surface area contributed by atoms with Gasteiger partial charge in [-0.2, -0.15) is 12.6 Å². The Bertz CT molecular complexity index is 103. The molecule has 1 aliphatic rings. The van der Waals surface area contributed by atoms with Gasteiger partial charge >= 0.3 is 0 Å². The predicted molar refractivity (Wildman–Crippen MR) is 43.8 cm³/mol. The summed E-state index contributed by atoms with van der Waals surface area (Å²) in [5, 5.41) is 0.489. The lowest BCUT2D eigenvalue weighted by molar-refractivity contribution is 0.355. The van der Waals surface area contributed by atoms with Crippen molar-refractivity contribution >= 4 is 12.6 Å². The van der Waals surface area contributed by atoms with E-state index in [1.54, 1.807) is 0 Å². The van der Waals surface area contributed by atoms with Crippen molar-refractivity contribution in [1.82, 2.24) is 4.90 Å². The topological polar surface area (TPSA) is 3.24 Å². The van der Waals surface area contributed by atoms with Gasteiger partial charge in [0.05, 0.1) is 5.37 Å². The minimum Gasteiger partial charge on any atom is -0.288 e. The first-order valence-electron chi connectivity index (χ1n) is 3.37. The molecule has 1 aliphatic heterocycles. The number of thiol groups is 1. The van der Waals surface area contributed by atoms with Crippen molar-refractivity contribution in [3.8, 4) is 0 Å². The van der Waals surface area contributed by atoms with E-state index in [0.29, 0.717) is 5.37 Å². The van der Waals surface area contributed by atoms with Gasteiger partial charge in [0.15, 0.2) is 0 Å². The predicted octanol–water partition coefficient (Wildman–Crippen LogP) is 1.52. The van der Waals surface area contributed by atoms with Gasteiger partial charge in [0, 0.05) is 6.54 Å². The third-order valence-corrected chi connectivity index (χ3v) is 2.28. The van der Waals surface area contributed by atoms with Crippen molar-refractivity contribution in [2.45, 2.75) is 18.2 Å². The Morgan fingerprint density at radius 2 is 2.56 bits per heavy atom. The van der Waals surface area contributed by atoms with Gasteiger partial charge in [-0.3, -0.25) is 4.90 Å². The maximum atomic E-state index is 4.40. The highest BCUT2D eigenvalue weighted by molar-refractivity contribution is 7.80. The standard InChI is InChI=1S/C7H13NS/c1-2-5-8-6-3-4-7(8)9/h2,7,9H,1,3-6H2. The molecule has 1 heterocycles. The second kappa shape index (κ2) is 3.28. The fourth-order valence-corrected chi connectivity index (χ4v) is 1.58. The molecule has 9 heavy (non-hydrogen) atoms. The van der Waals surface area contributed by atoms with E-state index >= 15 is 0 Å². The highest BCUT2D eigenvalue weighted by atomic mass is 32.1. The van der Waals surface area contributed by atoms with Crippen LogP contribution in [0.5, 0.6) is 0 Å². The van der Waals surface area contributed by atoms with E-state index in [0.717, 1.165) is 6.54 Å². The van der Waals surface area contributed by atoms with Crippen LogP contribution in [0.15, 0.2) is 12.7 Å². The van der Waals surface area contributed by atoms with Gasteiger partial charge in [-0.25, -0.2) is 0 Å². The molecule has 1 saturated heterocycles. The average Bonchev–Trinajstić information content (AvgIpc) is 2.18. The SMILES string of the molecule is C=CCN1CCCC1S. The molecular weight excluding hydrogens is 130 g/mol. The molecule has 2 heteroatoms. The number of likely N-dealkylation sites (tertiary alicyclic amines) is 1. The van der Waals surface area contributed by atoms with Crippen LogP contribution in [0.3, 0.4) is 0 Å². The van der Waals surface area contributed by atoms with E-state index < -0.39 is 0 Å². The quantitative estimate of drug-likeness (QED) is 0.453. The molecule has 0 aromatic heterocycles. The van der Waals surface area contributed by atoms with Crippen molar-refractivity contribution in [3.05, 3.63) is 12.7 Å². The first kappa shape index (κ1) is 7.16. The Morgan fingerprint density at radius 1 is 1.78 bits per heavy atom. The molecule has 0 aliphatic carbocycles. The van der Waals surface area contributed by atoms with Crippen LogP contribution in [-0.2, 0) is 0 Å². The Balaban J connectivity index is 2.30. The number of rotatable bonds is 2. The normalized spacial score (nSPS) is 28.8. The third kappa shape index (κ3) is 1.73. The highest BCUT2D eigenvalue weighted by Crippen LogP contribution is 2.18. The van der Waals surface area contributed by atoms with Crippen LogP contribution in [0.4, 0.5) is 0 Å². The highest BCUT2D eigenvalue weighted by Gasteiger charge is 2.18. The average molecular weight is 143 g/mol. The molecule has 0 aromatic carbocycles. The van der Waals surface area contributed by atoms with E-state index in [9.17, 15) is 0 Å². The molecule has 0 aromatic rings. The summed E-state index contributed by atoms with van der Waals surface area (Å²) in [6, 6.07) is 0. The maximum absolute atomic E-state index is 4.40. The monoisotopic (exact) mass is 143 g/mol. The van der Waals surface area contributed by atoms with E-state index in [1.807, 2.05) is 6.08 Å². The summed E-state index contributed by atoms with van der Waals surface area (Å²) >= 11 is 4.40. The summed E-state index contributed by atoms with van der Waals surface area (Å²) in [4.78, 5) is 2.33. The largest absolute Gasteiger partial charge is 0.288 e. The molecule has 0 amide bonds. The lowest BCUT2D eigenvalue weighted by atomic mass is 10.4. The molecule has 1 unspecified atom stereocenters. The van der Waals surface area contributed by atoms with E-state index in [1.165, 1.54) is 19.4 Å². The van der Waals surface area contributed by atoms with Gasteiger partial charge in [0.1, 0.15) is 0 Å². The van der Waals surface area contributed by atoms with Crippen LogP contribution < -0.4 is 0 Å². The van der Waals surface area contributed by atoms with Gasteiger partial charge in [0.2, 0.25) is 0 Å². The van der Waals surface area contributed by atoms with Crippen LogP contribution in [0.1, 0.15) is 12.8 Å². The zero-order chi connectivity index (χ0) is 6.69. The van der Waals surface area contributed by atoms with Gasteiger partial charge in [-0.1, -0.05) is 6.08 Å². The van der Waals surface area contributed by atoms with Crippen molar-refractivity contribution in [2.24, 2.45) is 0 Å². The summed E-state index contributed by atoms with van der Waals surface area (Å²) in [5.74, 6) is 0. The molecule has 1 nitrogen and oxygen atoms in total. The summed E-state index contributed by atoms with van der Waals surface area (Å²) in [5.41, 5.74) is 0. The maximum Gasteiger partial charge on any atom is 0.0531 e. The minimum absolute atomic E-state index is 0.489. The van der Waals surface area contributed by atoms with E-state index in [4.69, 9.17) is 0 Å². The van der Waals surface area contributed by atoms with Crippen LogP contribution >= 0.6 is 12.6 Å². The zero-order valence-corrected chi connectivity index (χ0v) is 6.48. The number of nitrogens with zero attached hydrogens (tertiary/aromatic N) is 1. The van der Waals surface area contributed by atoms with Gasteiger partial charge in [-0.15, -0.1) is 6.58 Å². The fraction of sp³-hybridized carbons (Fsp3) is 0.714. The molecule has 0 spiro atoms. The van der Waals surface area contributed by atoms with E-state index in [-0.39, 0.29) is 0 Å². The van der Waals surface area contributed by atoms with Crippen molar-refractivity contribution in [1.29, 1.82) is 0 Å². The summed E-state index contributed by atoms with van der Waals surface area (Å²) < 4.78 is 0. The van der Waals surface area contributed by atoms with Gasteiger partial charge in [0.25, 0.3) is 0 Å². The van der Waals surface area contributed by atoms with Gasteiger partial charge < -0.3 is 0 Å². The Morgan fingerprint density at radius 3 is 3.00 bits per heavy atom. The summed E-state index contributed by atoms with van der Waals surface area (Å²) in [6.45, 7) is 5.87. The number of hydrogen-bond donors (Lipinski definition) is 1. The molecule has 0 N–H and O–H groups in total. The third-order valence-electron chi connectivity index (χ3n) is 1.69. The second-order valence-electron chi connectivity index (χ2n) is 2.41. The lowest BCUT2D eigenvalue weighted by Gasteiger charge is -2.16. The molecule has 0 saturated carbocycles. The Kier molecular flexibility index (Phi) is 2.61. The van der Waals surface area contributed by atoms with Gasteiger partial charge in [-0.05, 0) is 19.4 Å². The van der Waals surface area contributed by atoms with E-state index in [2.05, 4.69) is 24.1 Å². The van der Waals surface area contributed by atoms with Crippen LogP contribution in [0.25, 0.3) is 0 Å². The minimum atomic E-state index is 0.489. The lowest BCUT2D eigenvalue weighted by Crippen LogP contribution is -2.24. The molecule has 0 radical (unpaired) electrons. The first-order chi connectivity index (χ1) is 4.34. The second-order valence-corrected chi connectivity index (χ2v) is 3.00. The molecule has 1 atom stereocenters. The first-order valence-corrected chi connectivity index (χ1v) is 3.89. The van der Waals surface area contributed by atoms with Crippen LogP contribution in [0.2, 0.25) is 0 Å². The van der Waals surface area contributed by atoms with Crippen molar-refractivity contribution < 1.29 is 0 Å². The fourth-order valence-electron chi connectivity index (χ4n) is 1.19. The summed E-state index contributed by atoms with van der Waals surface area (Å²) in [7, 11) is 0. The molecular formula is C7H13NS.